The molecular weight excluding hydrogens is 282 g/mol. The van der Waals surface area contributed by atoms with E-state index < -0.39 is 0 Å². The van der Waals surface area contributed by atoms with Gasteiger partial charge in [0.15, 0.2) is 0 Å². The number of carbonyl (C=O) groups excluding carboxylic acids is 2. The average molecular weight is 298 g/mol. The third-order valence-corrected chi connectivity index (χ3v) is 5.46. The van der Waals surface area contributed by atoms with E-state index in [-0.39, 0.29) is 17.2 Å². The number of nitrogens with zero attached hydrogens (tertiary/aromatic N) is 1. The topological polar surface area (TPSA) is 37.4 Å². The summed E-state index contributed by atoms with van der Waals surface area (Å²) in [5, 5.41) is 0. The standard InChI is InChI=1S/C14H16ClNO2S/c15-11-5-4-10(19-11)9-16-12(17)8-14(13(16)18)6-2-1-3-7-14/h4-5H,1-3,6-9H2. The molecule has 1 aromatic heterocycles. The molecule has 1 aromatic rings. The largest absolute Gasteiger partial charge is 0.277 e. The normalized spacial score (nSPS) is 22.5. The predicted molar refractivity (Wildman–Crippen MR) is 75.0 cm³/mol. The fourth-order valence-corrected chi connectivity index (χ4v) is 4.31. The van der Waals surface area contributed by atoms with Gasteiger partial charge in [-0.15, -0.1) is 11.3 Å². The van der Waals surface area contributed by atoms with Gasteiger partial charge in [-0.25, -0.2) is 0 Å². The van der Waals surface area contributed by atoms with Crippen LogP contribution in [0.1, 0.15) is 43.4 Å². The van der Waals surface area contributed by atoms with Gasteiger partial charge in [-0.1, -0.05) is 30.9 Å². The Morgan fingerprint density at radius 2 is 1.95 bits per heavy atom. The maximum atomic E-state index is 12.6. The zero-order valence-corrected chi connectivity index (χ0v) is 12.2. The van der Waals surface area contributed by atoms with Gasteiger partial charge in [-0.2, -0.15) is 0 Å². The molecule has 2 amide bonds. The first-order chi connectivity index (χ1) is 9.11. The van der Waals surface area contributed by atoms with Crippen molar-refractivity contribution in [2.45, 2.75) is 45.1 Å². The highest BCUT2D eigenvalue weighted by Crippen LogP contribution is 2.45. The van der Waals surface area contributed by atoms with Crippen molar-refractivity contribution in [3.05, 3.63) is 21.3 Å². The van der Waals surface area contributed by atoms with Crippen molar-refractivity contribution in [2.75, 3.05) is 0 Å². The lowest BCUT2D eigenvalue weighted by Crippen LogP contribution is -2.36. The van der Waals surface area contributed by atoms with E-state index in [4.69, 9.17) is 11.6 Å². The minimum absolute atomic E-state index is 0.0172. The van der Waals surface area contributed by atoms with Crippen LogP contribution in [0.5, 0.6) is 0 Å². The molecule has 102 valence electrons. The molecule has 0 N–H and O–H groups in total. The number of carbonyl (C=O) groups is 2. The van der Waals surface area contributed by atoms with Crippen molar-refractivity contribution in [3.8, 4) is 0 Å². The number of hydrogen-bond donors (Lipinski definition) is 0. The van der Waals surface area contributed by atoms with Crippen molar-refractivity contribution in [2.24, 2.45) is 5.41 Å². The van der Waals surface area contributed by atoms with Crippen LogP contribution in [0.15, 0.2) is 12.1 Å². The van der Waals surface area contributed by atoms with E-state index in [2.05, 4.69) is 0 Å². The van der Waals surface area contributed by atoms with Crippen molar-refractivity contribution in [3.63, 3.8) is 0 Å². The number of imide groups is 1. The number of hydrogen-bond acceptors (Lipinski definition) is 3. The first-order valence-corrected chi connectivity index (χ1v) is 7.89. The van der Waals surface area contributed by atoms with Crippen molar-refractivity contribution < 1.29 is 9.59 Å². The van der Waals surface area contributed by atoms with Gasteiger partial charge in [0, 0.05) is 11.3 Å². The Morgan fingerprint density at radius 1 is 1.21 bits per heavy atom. The molecule has 3 rings (SSSR count). The molecule has 5 heteroatoms. The fourth-order valence-electron chi connectivity index (χ4n) is 3.23. The van der Waals surface area contributed by atoms with Gasteiger partial charge in [-0.3, -0.25) is 14.5 Å². The van der Waals surface area contributed by atoms with Crippen LogP contribution in [0.2, 0.25) is 4.34 Å². The fraction of sp³-hybridized carbons (Fsp3) is 0.571. The molecule has 19 heavy (non-hydrogen) atoms. The van der Waals surface area contributed by atoms with E-state index in [1.54, 1.807) is 0 Å². The number of halogens is 1. The number of likely N-dealkylation sites (tertiary alicyclic amines) is 1. The van der Waals surface area contributed by atoms with Crippen LogP contribution in [-0.2, 0) is 16.1 Å². The molecule has 1 saturated carbocycles. The first-order valence-electron chi connectivity index (χ1n) is 6.70. The summed E-state index contributed by atoms with van der Waals surface area (Å²) in [5.41, 5.74) is -0.379. The maximum Gasteiger partial charge on any atom is 0.236 e. The monoisotopic (exact) mass is 297 g/mol. The van der Waals surface area contributed by atoms with Crippen LogP contribution >= 0.6 is 22.9 Å². The lowest BCUT2D eigenvalue weighted by atomic mass is 9.73. The van der Waals surface area contributed by atoms with Crippen molar-refractivity contribution in [1.29, 1.82) is 0 Å². The van der Waals surface area contributed by atoms with Crippen molar-refractivity contribution >= 4 is 34.8 Å². The second-order valence-corrected chi connectivity index (χ2v) is 7.31. The number of amides is 2. The third kappa shape index (κ3) is 2.32. The molecular formula is C14H16ClNO2S. The zero-order chi connectivity index (χ0) is 13.5. The Balaban J connectivity index is 1.79. The summed E-state index contributed by atoms with van der Waals surface area (Å²) in [4.78, 5) is 27.1. The predicted octanol–water partition coefficient (Wildman–Crippen LogP) is 3.61. The molecule has 0 aromatic carbocycles. The average Bonchev–Trinajstić information content (AvgIpc) is 2.89. The molecule has 1 saturated heterocycles. The van der Waals surface area contributed by atoms with Crippen LogP contribution in [0.4, 0.5) is 0 Å². The molecule has 2 aliphatic rings. The van der Waals surface area contributed by atoms with Gasteiger partial charge >= 0.3 is 0 Å². The van der Waals surface area contributed by atoms with Gasteiger partial charge in [0.1, 0.15) is 0 Å². The molecule has 1 aliphatic carbocycles. The van der Waals surface area contributed by atoms with E-state index in [0.29, 0.717) is 17.3 Å². The zero-order valence-electron chi connectivity index (χ0n) is 10.7. The summed E-state index contributed by atoms with van der Waals surface area (Å²) in [7, 11) is 0. The number of rotatable bonds is 2. The van der Waals surface area contributed by atoms with Gasteiger partial charge < -0.3 is 0 Å². The molecule has 2 fully saturated rings. The summed E-state index contributed by atoms with van der Waals surface area (Å²) in [6.07, 6.45) is 5.47. The van der Waals surface area contributed by atoms with Gasteiger partial charge in [0.25, 0.3) is 0 Å². The second kappa shape index (κ2) is 4.91. The summed E-state index contributed by atoms with van der Waals surface area (Å²) in [6.45, 7) is 0.386. The Morgan fingerprint density at radius 3 is 2.58 bits per heavy atom. The Hall–Kier alpha value is -0.870. The smallest absolute Gasteiger partial charge is 0.236 e. The SMILES string of the molecule is O=C1CC2(CCCCC2)C(=O)N1Cc1ccc(Cl)s1. The molecule has 2 heterocycles. The Labute approximate surface area is 121 Å². The van der Waals surface area contributed by atoms with Gasteiger partial charge in [0.05, 0.1) is 16.3 Å². The molecule has 1 spiro atoms. The highest BCUT2D eigenvalue weighted by atomic mass is 35.5. The number of thiophene rings is 1. The molecule has 0 atom stereocenters. The second-order valence-electron chi connectivity index (χ2n) is 5.51. The van der Waals surface area contributed by atoms with E-state index in [1.807, 2.05) is 12.1 Å². The lowest BCUT2D eigenvalue weighted by Gasteiger charge is -2.30. The third-order valence-electron chi connectivity index (χ3n) is 4.24. The van der Waals surface area contributed by atoms with E-state index in [0.717, 1.165) is 30.6 Å². The minimum Gasteiger partial charge on any atom is -0.277 e. The molecule has 0 unspecified atom stereocenters. The molecule has 0 bridgehead atoms. The Kier molecular flexibility index (Phi) is 3.39. The van der Waals surface area contributed by atoms with E-state index in [1.165, 1.54) is 22.7 Å². The highest BCUT2D eigenvalue weighted by Gasteiger charge is 2.51. The summed E-state index contributed by atoms with van der Waals surface area (Å²) in [6, 6.07) is 3.70. The van der Waals surface area contributed by atoms with Crippen LogP contribution in [0, 0.1) is 5.41 Å². The maximum absolute atomic E-state index is 12.6. The van der Waals surface area contributed by atoms with Crippen LogP contribution < -0.4 is 0 Å². The summed E-state index contributed by atoms with van der Waals surface area (Å²) in [5.74, 6) is 0.0261. The van der Waals surface area contributed by atoms with E-state index in [9.17, 15) is 9.59 Å². The van der Waals surface area contributed by atoms with Gasteiger partial charge in [-0.05, 0) is 25.0 Å². The summed E-state index contributed by atoms with van der Waals surface area (Å²) < 4.78 is 0.696. The minimum atomic E-state index is -0.379. The van der Waals surface area contributed by atoms with Crippen LogP contribution in [0.3, 0.4) is 0 Å². The summed E-state index contributed by atoms with van der Waals surface area (Å²) >= 11 is 7.32. The highest BCUT2D eigenvalue weighted by molar-refractivity contribution is 7.16. The van der Waals surface area contributed by atoms with Crippen LogP contribution in [-0.4, -0.2) is 16.7 Å². The lowest BCUT2D eigenvalue weighted by molar-refractivity contribution is -0.142. The quantitative estimate of drug-likeness (QED) is 0.782. The molecule has 0 radical (unpaired) electrons. The molecule has 3 nitrogen and oxygen atoms in total. The van der Waals surface area contributed by atoms with Gasteiger partial charge in [0.2, 0.25) is 11.8 Å². The van der Waals surface area contributed by atoms with Crippen LogP contribution in [0.25, 0.3) is 0 Å². The van der Waals surface area contributed by atoms with Crippen molar-refractivity contribution in [1.82, 2.24) is 4.90 Å². The molecule has 1 aliphatic heterocycles. The first kappa shape index (κ1) is 13.1. The Bertz CT molecular complexity index is 519. The van der Waals surface area contributed by atoms with E-state index >= 15 is 0 Å².